The van der Waals surface area contributed by atoms with Gasteiger partial charge in [-0.3, -0.25) is 9.69 Å². The van der Waals surface area contributed by atoms with Gasteiger partial charge >= 0.3 is 0 Å². The van der Waals surface area contributed by atoms with Crippen molar-refractivity contribution in [2.24, 2.45) is 5.10 Å². The number of rotatable bonds is 12. The first-order chi connectivity index (χ1) is 16.1. The third kappa shape index (κ3) is 5.92. The number of para-hydroxylation sites is 1. The number of anilines is 1. The number of carbonyl (C=O) groups is 1. The molecule has 0 aliphatic heterocycles. The maximum Gasteiger partial charge on any atom is 0.293 e. The summed E-state index contributed by atoms with van der Waals surface area (Å²) in [6, 6.07) is 7.41. The first kappa shape index (κ1) is 23.9. The molecule has 0 aliphatic carbocycles. The molecule has 12 heteroatoms. The summed E-state index contributed by atoms with van der Waals surface area (Å²) in [5, 5.41) is 19.6. The molecule has 3 aromatic rings. The monoisotopic (exact) mass is 455 g/mol. The van der Waals surface area contributed by atoms with Crippen molar-refractivity contribution in [1.82, 2.24) is 35.6 Å². The molecule has 0 radical (unpaired) electrons. The Balaban J connectivity index is 1.86. The van der Waals surface area contributed by atoms with Crippen molar-refractivity contribution in [1.29, 1.82) is 0 Å². The van der Waals surface area contributed by atoms with E-state index < -0.39 is 5.91 Å². The minimum atomic E-state index is -0.510. The van der Waals surface area contributed by atoms with Gasteiger partial charge in [-0.25, -0.2) is 10.1 Å². The number of benzene rings is 1. The Morgan fingerprint density at radius 2 is 2.00 bits per heavy atom. The van der Waals surface area contributed by atoms with Crippen LogP contribution < -0.4 is 15.9 Å². The molecule has 2 heterocycles. The number of aromatic nitrogens is 5. The van der Waals surface area contributed by atoms with Crippen LogP contribution in [0, 0.1) is 0 Å². The molecule has 1 amide bonds. The van der Waals surface area contributed by atoms with Crippen LogP contribution in [0.25, 0.3) is 5.82 Å². The summed E-state index contributed by atoms with van der Waals surface area (Å²) in [5.41, 5.74) is 9.74. The standard InChI is InChI=1S/C21H29N9O3/c1-4-11-29(12-5-2)14-16-18(24-28-30(16)20-19(22)26-33-27-20)21(31)25-23-13-15-9-7-8-10-17(15)32-6-3/h7-10,13H,4-6,11-12,14H2,1-3H3,(H2,22,26)(H,25,31)/b23-13-. The lowest BCUT2D eigenvalue weighted by Crippen LogP contribution is -2.28. The summed E-state index contributed by atoms with van der Waals surface area (Å²) >= 11 is 0. The third-order valence-electron chi connectivity index (χ3n) is 4.72. The summed E-state index contributed by atoms with van der Waals surface area (Å²) < 4.78 is 11.7. The van der Waals surface area contributed by atoms with E-state index in [9.17, 15) is 4.79 Å². The topological polar surface area (TPSA) is 150 Å². The molecule has 33 heavy (non-hydrogen) atoms. The zero-order valence-corrected chi connectivity index (χ0v) is 19.1. The number of nitrogens with two attached hydrogens (primary N) is 1. The minimum absolute atomic E-state index is 0.0520. The molecule has 0 spiro atoms. The Bertz CT molecular complexity index is 1070. The molecule has 3 rings (SSSR count). The molecule has 3 N–H and O–H groups in total. The van der Waals surface area contributed by atoms with Crippen molar-refractivity contribution in [2.45, 2.75) is 40.2 Å². The van der Waals surface area contributed by atoms with Crippen molar-refractivity contribution < 1.29 is 14.2 Å². The number of nitrogens with one attached hydrogen (secondary N) is 1. The van der Waals surface area contributed by atoms with Crippen LogP contribution in [0.5, 0.6) is 5.75 Å². The summed E-state index contributed by atoms with van der Waals surface area (Å²) in [4.78, 5) is 15.2. The highest BCUT2D eigenvalue weighted by Gasteiger charge is 2.25. The molecular formula is C21H29N9O3. The van der Waals surface area contributed by atoms with Crippen LogP contribution in [0.1, 0.15) is 55.4 Å². The second kappa shape index (κ2) is 11.7. The van der Waals surface area contributed by atoms with Crippen LogP contribution in [-0.2, 0) is 6.54 Å². The van der Waals surface area contributed by atoms with Crippen LogP contribution in [0.4, 0.5) is 5.82 Å². The lowest BCUT2D eigenvalue weighted by molar-refractivity contribution is 0.0947. The van der Waals surface area contributed by atoms with E-state index in [0.717, 1.165) is 31.5 Å². The van der Waals surface area contributed by atoms with Crippen LogP contribution >= 0.6 is 0 Å². The first-order valence-corrected chi connectivity index (χ1v) is 10.9. The third-order valence-corrected chi connectivity index (χ3v) is 4.72. The van der Waals surface area contributed by atoms with Gasteiger partial charge in [-0.2, -0.15) is 9.78 Å². The Morgan fingerprint density at radius 3 is 2.67 bits per heavy atom. The highest BCUT2D eigenvalue weighted by atomic mass is 16.6. The van der Waals surface area contributed by atoms with E-state index in [1.165, 1.54) is 10.9 Å². The number of hydrazone groups is 1. The van der Waals surface area contributed by atoms with Gasteiger partial charge in [0.25, 0.3) is 5.91 Å². The summed E-state index contributed by atoms with van der Waals surface area (Å²) in [5.74, 6) is 0.396. The number of nitrogen functional groups attached to an aromatic ring is 1. The zero-order valence-electron chi connectivity index (χ0n) is 19.1. The van der Waals surface area contributed by atoms with E-state index in [4.69, 9.17) is 15.1 Å². The van der Waals surface area contributed by atoms with E-state index in [0.29, 0.717) is 24.6 Å². The molecule has 2 aromatic heterocycles. The van der Waals surface area contributed by atoms with E-state index in [-0.39, 0.29) is 17.3 Å². The van der Waals surface area contributed by atoms with E-state index >= 15 is 0 Å². The number of amides is 1. The van der Waals surface area contributed by atoms with Gasteiger partial charge in [0.05, 0.1) is 18.5 Å². The molecule has 12 nitrogen and oxygen atoms in total. The Labute approximate surface area is 191 Å². The predicted octanol–water partition coefficient (Wildman–Crippen LogP) is 2.02. The molecule has 0 bridgehead atoms. The molecule has 0 aliphatic rings. The Morgan fingerprint density at radius 1 is 1.24 bits per heavy atom. The molecule has 0 saturated heterocycles. The first-order valence-electron chi connectivity index (χ1n) is 10.9. The van der Waals surface area contributed by atoms with Gasteiger partial charge in [-0.05, 0) is 55.3 Å². The summed E-state index contributed by atoms with van der Waals surface area (Å²) in [6.45, 7) is 8.73. The van der Waals surface area contributed by atoms with Crippen LogP contribution in [0.15, 0.2) is 34.0 Å². The van der Waals surface area contributed by atoms with E-state index in [2.05, 4.69) is 49.9 Å². The number of hydrogen-bond donors (Lipinski definition) is 2. The normalized spacial score (nSPS) is 11.4. The van der Waals surface area contributed by atoms with Gasteiger partial charge in [0.1, 0.15) is 5.75 Å². The molecule has 0 unspecified atom stereocenters. The molecule has 1 aromatic carbocycles. The maximum atomic E-state index is 13.0. The van der Waals surface area contributed by atoms with Gasteiger partial charge in [-0.15, -0.1) is 5.10 Å². The van der Waals surface area contributed by atoms with E-state index in [1.54, 1.807) is 0 Å². The highest BCUT2D eigenvalue weighted by Crippen LogP contribution is 2.18. The average molecular weight is 456 g/mol. The van der Waals surface area contributed by atoms with Gasteiger partial charge in [0.2, 0.25) is 11.6 Å². The van der Waals surface area contributed by atoms with Crippen LogP contribution in [-0.4, -0.2) is 62.0 Å². The van der Waals surface area contributed by atoms with Gasteiger partial charge < -0.3 is 10.5 Å². The predicted molar refractivity (Wildman–Crippen MR) is 122 cm³/mol. The second-order valence-corrected chi connectivity index (χ2v) is 7.22. The van der Waals surface area contributed by atoms with Gasteiger partial charge in [0, 0.05) is 12.1 Å². The largest absolute Gasteiger partial charge is 0.493 e. The number of carbonyl (C=O) groups excluding carboxylic acids is 1. The molecule has 176 valence electrons. The van der Waals surface area contributed by atoms with Crippen LogP contribution in [0.2, 0.25) is 0 Å². The minimum Gasteiger partial charge on any atom is -0.493 e. The van der Waals surface area contributed by atoms with Crippen molar-refractivity contribution >= 4 is 17.9 Å². The number of hydrogen-bond acceptors (Lipinski definition) is 10. The molecular weight excluding hydrogens is 426 g/mol. The van der Waals surface area contributed by atoms with E-state index in [1.807, 2.05) is 31.2 Å². The van der Waals surface area contributed by atoms with Gasteiger partial charge in [0.15, 0.2) is 5.69 Å². The number of nitrogens with zero attached hydrogens (tertiary/aromatic N) is 7. The fraction of sp³-hybridized carbons (Fsp3) is 0.429. The lowest BCUT2D eigenvalue weighted by atomic mass is 10.2. The average Bonchev–Trinajstić information content (AvgIpc) is 3.41. The fourth-order valence-electron chi connectivity index (χ4n) is 3.33. The molecule has 0 atom stereocenters. The number of ether oxygens (including phenoxy) is 1. The van der Waals surface area contributed by atoms with Crippen molar-refractivity contribution in [3.8, 4) is 11.6 Å². The van der Waals surface area contributed by atoms with Crippen molar-refractivity contribution in [3.63, 3.8) is 0 Å². The Hall–Kier alpha value is -3.80. The van der Waals surface area contributed by atoms with Gasteiger partial charge in [-0.1, -0.05) is 31.2 Å². The molecule has 0 fully saturated rings. The maximum absolute atomic E-state index is 13.0. The summed E-state index contributed by atoms with van der Waals surface area (Å²) in [7, 11) is 0. The summed E-state index contributed by atoms with van der Waals surface area (Å²) in [6.07, 6.45) is 3.44. The smallest absolute Gasteiger partial charge is 0.293 e. The van der Waals surface area contributed by atoms with Crippen LogP contribution in [0.3, 0.4) is 0 Å². The lowest BCUT2D eigenvalue weighted by Gasteiger charge is -2.21. The quantitative estimate of drug-likeness (QED) is 0.309. The van der Waals surface area contributed by atoms with Crippen molar-refractivity contribution in [3.05, 3.63) is 41.2 Å². The SMILES string of the molecule is CCCN(CCC)Cc1c(C(=O)N/N=C\c2ccccc2OCC)nnn1-c1nonc1N. The molecule has 0 saturated carbocycles. The Kier molecular flexibility index (Phi) is 8.47. The van der Waals surface area contributed by atoms with Crippen molar-refractivity contribution in [2.75, 3.05) is 25.4 Å². The second-order valence-electron chi connectivity index (χ2n) is 7.22. The fourth-order valence-corrected chi connectivity index (χ4v) is 3.33. The zero-order chi connectivity index (χ0) is 23.6. The highest BCUT2D eigenvalue weighted by molar-refractivity contribution is 5.94.